The molecule has 0 unspecified atom stereocenters. The third-order valence-electron chi connectivity index (χ3n) is 2.14. The zero-order valence-electron chi connectivity index (χ0n) is 8.29. The molecular formula is C9H18N4. The summed E-state index contributed by atoms with van der Waals surface area (Å²) in [5.74, 6) is 0.843. The van der Waals surface area contributed by atoms with E-state index in [0.717, 1.165) is 12.2 Å². The Morgan fingerprint density at radius 1 is 1.08 bits per heavy atom. The van der Waals surface area contributed by atoms with E-state index in [2.05, 4.69) is 27.5 Å². The van der Waals surface area contributed by atoms with Crippen LogP contribution in [0.1, 0.15) is 51.3 Å². The largest absolute Gasteiger partial charge is 0.177 e. The standard InChI is InChI=1S/C9H18N4/c1-2-3-4-5-6-7-8-9-10-12-13-11-9/h2-8H2,1H3,(H,10,11,12,13). The van der Waals surface area contributed by atoms with E-state index in [0.29, 0.717) is 0 Å². The van der Waals surface area contributed by atoms with Crippen LogP contribution >= 0.6 is 0 Å². The fraction of sp³-hybridized carbons (Fsp3) is 0.889. The zero-order chi connectivity index (χ0) is 9.36. The lowest BCUT2D eigenvalue weighted by molar-refractivity contribution is 0.601. The van der Waals surface area contributed by atoms with Crippen LogP contribution in [0, 0.1) is 0 Å². The van der Waals surface area contributed by atoms with Crippen molar-refractivity contribution in [3.63, 3.8) is 0 Å². The van der Waals surface area contributed by atoms with Crippen molar-refractivity contribution in [2.24, 2.45) is 0 Å². The average molecular weight is 182 g/mol. The molecule has 74 valence electrons. The summed E-state index contributed by atoms with van der Waals surface area (Å²) in [6.07, 6.45) is 8.81. The van der Waals surface area contributed by atoms with Crippen LogP contribution in [0.2, 0.25) is 0 Å². The Hall–Kier alpha value is -0.930. The Kier molecular flexibility index (Phi) is 5.13. The molecule has 13 heavy (non-hydrogen) atoms. The first-order valence-corrected chi connectivity index (χ1v) is 5.16. The lowest BCUT2D eigenvalue weighted by Gasteiger charge is -1.97. The van der Waals surface area contributed by atoms with Gasteiger partial charge in [-0.2, -0.15) is 5.21 Å². The highest BCUT2D eigenvalue weighted by Crippen LogP contribution is 2.06. The Balaban J connectivity index is 1.90. The van der Waals surface area contributed by atoms with Gasteiger partial charge in [0.1, 0.15) is 0 Å². The molecule has 4 heteroatoms. The van der Waals surface area contributed by atoms with Gasteiger partial charge in [-0.25, -0.2) is 0 Å². The first-order chi connectivity index (χ1) is 6.43. The molecule has 0 aromatic carbocycles. The Morgan fingerprint density at radius 2 is 1.85 bits per heavy atom. The number of tetrazole rings is 1. The van der Waals surface area contributed by atoms with Crippen molar-refractivity contribution in [2.45, 2.75) is 51.9 Å². The molecule has 0 spiro atoms. The van der Waals surface area contributed by atoms with Crippen LogP contribution in [0.3, 0.4) is 0 Å². The summed E-state index contributed by atoms with van der Waals surface area (Å²) in [6, 6.07) is 0. The SMILES string of the molecule is CCCCCCCCc1nn[nH]n1. The quantitative estimate of drug-likeness (QED) is 0.657. The maximum absolute atomic E-state index is 3.90. The Morgan fingerprint density at radius 3 is 2.54 bits per heavy atom. The third kappa shape index (κ3) is 4.60. The van der Waals surface area contributed by atoms with Crippen LogP contribution in [0.5, 0.6) is 0 Å². The monoisotopic (exact) mass is 182 g/mol. The van der Waals surface area contributed by atoms with E-state index in [1.54, 1.807) is 0 Å². The number of aryl methyl sites for hydroxylation is 1. The molecule has 4 nitrogen and oxygen atoms in total. The summed E-state index contributed by atoms with van der Waals surface area (Å²) in [7, 11) is 0. The minimum absolute atomic E-state index is 0.843. The van der Waals surface area contributed by atoms with Crippen molar-refractivity contribution in [1.82, 2.24) is 20.6 Å². The number of aromatic nitrogens is 4. The van der Waals surface area contributed by atoms with Gasteiger partial charge >= 0.3 is 0 Å². The summed E-state index contributed by atoms with van der Waals surface area (Å²) in [5, 5.41) is 13.8. The van der Waals surface area contributed by atoms with Crippen molar-refractivity contribution in [1.29, 1.82) is 0 Å². The van der Waals surface area contributed by atoms with Crippen molar-refractivity contribution >= 4 is 0 Å². The van der Waals surface area contributed by atoms with Gasteiger partial charge in [-0.15, -0.1) is 10.2 Å². The lowest BCUT2D eigenvalue weighted by Crippen LogP contribution is -1.89. The molecular weight excluding hydrogens is 164 g/mol. The fourth-order valence-corrected chi connectivity index (χ4v) is 1.35. The molecule has 0 fully saturated rings. The van der Waals surface area contributed by atoms with E-state index in [4.69, 9.17) is 0 Å². The van der Waals surface area contributed by atoms with Crippen molar-refractivity contribution in [3.05, 3.63) is 5.82 Å². The molecule has 1 heterocycles. The molecule has 1 aromatic heterocycles. The van der Waals surface area contributed by atoms with Crippen LogP contribution in [-0.4, -0.2) is 20.6 Å². The fourth-order valence-electron chi connectivity index (χ4n) is 1.35. The summed E-state index contributed by atoms with van der Waals surface area (Å²) < 4.78 is 0. The Labute approximate surface area is 79.1 Å². The van der Waals surface area contributed by atoms with Gasteiger partial charge in [0, 0.05) is 6.42 Å². The topological polar surface area (TPSA) is 54.5 Å². The van der Waals surface area contributed by atoms with Crippen molar-refractivity contribution in [3.8, 4) is 0 Å². The highest BCUT2D eigenvalue weighted by Gasteiger charge is 1.96. The maximum atomic E-state index is 3.90. The van der Waals surface area contributed by atoms with Gasteiger partial charge in [-0.1, -0.05) is 44.2 Å². The Bertz CT molecular complexity index is 195. The second-order valence-corrected chi connectivity index (χ2v) is 3.35. The van der Waals surface area contributed by atoms with Gasteiger partial charge in [0.2, 0.25) is 0 Å². The number of unbranched alkanes of at least 4 members (excludes halogenated alkanes) is 5. The molecule has 1 aromatic rings. The van der Waals surface area contributed by atoms with E-state index < -0.39 is 0 Å². The van der Waals surface area contributed by atoms with Gasteiger partial charge < -0.3 is 0 Å². The first-order valence-electron chi connectivity index (χ1n) is 5.16. The smallest absolute Gasteiger partial charge is 0.174 e. The minimum Gasteiger partial charge on any atom is -0.177 e. The number of hydrogen-bond acceptors (Lipinski definition) is 3. The summed E-state index contributed by atoms with van der Waals surface area (Å²) in [6.45, 7) is 2.24. The van der Waals surface area contributed by atoms with E-state index in [9.17, 15) is 0 Å². The number of hydrogen-bond donors (Lipinski definition) is 1. The predicted octanol–water partition coefficient (Wildman–Crippen LogP) is 2.10. The van der Waals surface area contributed by atoms with Gasteiger partial charge in [0.15, 0.2) is 5.82 Å². The number of aromatic amines is 1. The first kappa shape index (κ1) is 10.2. The van der Waals surface area contributed by atoms with E-state index in [-0.39, 0.29) is 0 Å². The van der Waals surface area contributed by atoms with Gasteiger partial charge in [0.25, 0.3) is 0 Å². The molecule has 0 atom stereocenters. The molecule has 0 amide bonds. The molecule has 1 rings (SSSR count). The summed E-state index contributed by atoms with van der Waals surface area (Å²) in [5.41, 5.74) is 0. The van der Waals surface area contributed by atoms with Crippen LogP contribution < -0.4 is 0 Å². The van der Waals surface area contributed by atoms with Crippen LogP contribution in [0.15, 0.2) is 0 Å². The van der Waals surface area contributed by atoms with Crippen LogP contribution in [0.4, 0.5) is 0 Å². The highest BCUT2D eigenvalue weighted by molar-refractivity contribution is 4.74. The normalized spacial score (nSPS) is 10.5. The molecule has 0 aliphatic rings. The average Bonchev–Trinajstić information content (AvgIpc) is 2.63. The summed E-state index contributed by atoms with van der Waals surface area (Å²) in [4.78, 5) is 0. The number of rotatable bonds is 7. The molecule has 0 radical (unpaired) electrons. The van der Waals surface area contributed by atoms with Crippen LogP contribution in [-0.2, 0) is 6.42 Å². The number of nitrogens with one attached hydrogen (secondary N) is 1. The number of nitrogens with zero attached hydrogens (tertiary/aromatic N) is 3. The molecule has 0 bridgehead atoms. The second-order valence-electron chi connectivity index (χ2n) is 3.35. The number of H-pyrrole nitrogens is 1. The van der Waals surface area contributed by atoms with Crippen LogP contribution in [0.25, 0.3) is 0 Å². The highest BCUT2D eigenvalue weighted by atomic mass is 15.5. The zero-order valence-corrected chi connectivity index (χ0v) is 8.29. The molecule has 0 saturated heterocycles. The molecule has 0 saturated carbocycles. The van der Waals surface area contributed by atoms with Gasteiger partial charge in [-0.3, -0.25) is 0 Å². The second kappa shape index (κ2) is 6.57. The lowest BCUT2D eigenvalue weighted by atomic mass is 10.1. The van der Waals surface area contributed by atoms with Gasteiger partial charge in [-0.05, 0) is 6.42 Å². The predicted molar refractivity (Wildman–Crippen MR) is 51.3 cm³/mol. The third-order valence-corrected chi connectivity index (χ3v) is 2.14. The molecule has 0 aliphatic carbocycles. The molecule has 0 aliphatic heterocycles. The molecule has 1 N–H and O–H groups in total. The summed E-state index contributed by atoms with van der Waals surface area (Å²) >= 11 is 0. The maximum Gasteiger partial charge on any atom is 0.174 e. The van der Waals surface area contributed by atoms with E-state index in [1.807, 2.05) is 0 Å². The van der Waals surface area contributed by atoms with E-state index >= 15 is 0 Å². The van der Waals surface area contributed by atoms with Gasteiger partial charge in [0.05, 0.1) is 0 Å². The van der Waals surface area contributed by atoms with Crippen molar-refractivity contribution < 1.29 is 0 Å². The minimum atomic E-state index is 0.843. The van der Waals surface area contributed by atoms with E-state index in [1.165, 1.54) is 38.5 Å². The van der Waals surface area contributed by atoms with Crippen molar-refractivity contribution in [2.75, 3.05) is 0 Å².